The predicted molar refractivity (Wildman–Crippen MR) is 65.9 cm³/mol. The van der Waals surface area contributed by atoms with Crippen LogP contribution in [0.1, 0.15) is 19.3 Å². The molecule has 19 heavy (non-hydrogen) atoms. The quantitative estimate of drug-likeness (QED) is 0.837. The van der Waals surface area contributed by atoms with E-state index in [4.69, 9.17) is 0 Å². The minimum atomic E-state index is -3.69. The van der Waals surface area contributed by atoms with Gasteiger partial charge in [-0.15, -0.1) is 0 Å². The number of hydrogen-bond acceptors (Lipinski definition) is 2. The summed E-state index contributed by atoms with van der Waals surface area (Å²) in [6.45, 7) is 1.01. The summed E-state index contributed by atoms with van der Waals surface area (Å²) in [7, 11) is -3.69. The SMILES string of the molecule is O=S(=O)(c1ccc(F)c(F)c1)N1C[C@H]2CCC[C@H]2C1. The lowest BCUT2D eigenvalue weighted by Crippen LogP contribution is -2.29. The summed E-state index contributed by atoms with van der Waals surface area (Å²) >= 11 is 0. The van der Waals surface area contributed by atoms with Crippen molar-refractivity contribution in [1.29, 1.82) is 0 Å². The number of rotatable bonds is 2. The number of fused-ring (bicyclic) bond motifs is 1. The largest absolute Gasteiger partial charge is 0.243 e. The maximum Gasteiger partial charge on any atom is 0.243 e. The second-order valence-corrected chi connectivity index (χ2v) is 7.29. The highest BCUT2D eigenvalue weighted by molar-refractivity contribution is 7.89. The van der Waals surface area contributed by atoms with Crippen LogP contribution in [-0.4, -0.2) is 25.8 Å². The van der Waals surface area contributed by atoms with Crippen LogP contribution >= 0.6 is 0 Å². The zero-order chi connectivity index (χ0) is 13.6. The van der Waals surface area contributed by atoms with Crippen LogP contribution in [-0.2, 0) is 10.0 Å². The van der Waals surface area contributed by atoms with Crippen molar-refractivity contribution in [2.45, 2.75) is 24.2 Å². The molecule has 0 spiro atoms. The number of benzene rings is 1. The molecule has 104 valence electrons. The van der Waals surface area contributed by atoms with Gasteiger partial charge in [-0.05, 0) is 42.9 Å². The first-order valence-electron chi connectivity index (χ1n) is 6.43. The van der Waals surface area contributed by atoms with Crippen molar-refractivity contribution in [3.8, 4) is 0 Å². The lowest BCUT2D eigenvalue weighted by Gasteiger charge is -2.17. The molecule has 2 atom stereocenters. The van der Waals surface area contributed by atoms with Crippen LogP contribution in [0.25, 0.3) is 0 Å². The van der Waals surface area contributed by atoms with E-state index < -0.39 is 21.7 Å². The van der Waals surface area contributed by atoms with E-state index in [-0.39, 0.29) is 4.90 Å². The maximum atomic E-state index is 13.2. The normalized spacial score (nSPS) is 27.7. The van der Waals surface area contributed by atoms with Crippen molar-refractivity contribution in [3.63, 3.8) is 0 Å². The molecule has 2 fully saturated rings. The third kappa shape index (κ3) is 2.17. The summed E-state index contributed by atoms with van der Waals surface area (Å²) in [6.07, 6.45) is 3.29. The van der Waals surface area contributed by atoms with Crippen LogP contribution in [0.5, 0.6) is 0 Å². The Hall–Kier alpha value is -1.01. The van der Waals surface area contributed by atoms with Gasteiger partial charge in [0.15, 0.2) is 11.6 Å². The van der Waals surface area contributed by atoms with Crippen molar-refractivity contribution >= 4 is 10.0 Å². The van der Waals surface area contributed by atoms with Gasteiger partial charge in [0, 0.05) is 13.1 Å². The molecule has 0 bridgehead atoms. The zero-order valence-corrected chi connectivity index (χ0v) is 11.2. The molecule has 3 nitrogen and oxygen atoms in total. The Kier molecular flexibility index (Phi) is 3.09. The molecule has 2 aliphatic rings. The van der Waals surface area contributed by atoms with E-state index in [0.717, 1.165) is 37.5 Å². The third-order valence-corrected chi connectivity index (χ3v) is 6.05. The van der Waals surface area contributed by atoms with Gasteiger partial charge in [0.05, 0.1) is 4.90 Å². The molecule has 0 aromatic heterocycles. The molecule has 1 saturated carbocycles. The van der Waals surface area contributed by atoms with Crippen LogP contribution in [0.2, 0.25) is 0 Å². The van der Waals surface area contributed by atoms with Gasteiger partial charge < -0.3 is 0 Å². The summed E-state index contributed by atoms with van der Waals surface area (Å²) in [4.78, 5) is -0.161. The summed E-state index contributed by atoms with van der Waals surface area (Å²) in [5.74, 6) is -1.29. The number of sulfonamides is 1. The Labute approximate surface area is 111 Å². The van der Waals surface area contributed by atoms with Crippen LogP contribution in [0.4, 0.5) is 8.78 Å². The molecule has 1 aromatic carbocycles. The molecule has 3 rings (SSSR count). The second-order valence-electron chi connectivity index (χ2n) is 5.35. The number of nitrogens with zero attached hydrogens (tertiary/aromatic N) is 1. The van der Waals surface area contributed by atoms with Crippen LogP contribution in [0.3, 0.4) is 0 Å². The zero-order valence-electron chi connectivity index (χ0n) is 10.4. The first-order chi connectivity index (χ1) is 8.98. The lowest BCUT2D eigenvalue weighted by molar-refractivity contribution is 0.443. The van der Waals surface area contributed by atoms with E-state index >= 15 is 0 Å². The molecule has 1 aliphatic heterocycles. The van der Waals surface area contributed by atoms with Crippen LogP contribution < -0.4 is 0 Å². The first kappa shape index (κ1) is 13.0. The summed E-state index contributed by atoms with van der Waals surface area (Å²) in [6, 6.07) is 2.75. The molecule has 0 amide bonds. The fraction of sp³-hybridized carbons (Fsp3) is 0.538. The second kappa shape index (κ2) is 4.52. The van der Waals surface area contributed by atoms with E-state index in [1.54, 1.807) is 0 Å². The van der Waals surface area contributed by atoms with Gasteiger partial charge in [-0.2, -0.15) is 4.31 Å². The van der Waals surface area contributed by atoms with Crippen molar-refractivity contribution < 1.29 is 17.2 Å². The number of halogens is 2. The fourth-order valence-corrected chi connectivity index (χ4v) is 4.74. The molecular weight excluding hydrogens is 272 g/mol. The maximum absolute atomic E-state index is 13.2. The Morgan fingerprint density at radius 1 is 1.05 bits per heavy atom. The molecule has 1 aliphatic carbocycles. The molecule has 1 aromatic rings. The third-order valence-electron chi connectivity index (χ3n) is 4.22. The molecule has 0 radical (unpaired) electrons. The summed E-state index contributed by atoms with van der Waals surface area (Å²) in [5, 5.41) is 0. The van der Waals surface area contributed by atoms with E-state index in [9.17, 15) is 17.2 Å². The van der Waals surface area contributed by atoms with Gasteiger partial charge in [0.2, 0.25) is 10.0 Å². The first-order valence-corrected chi connectivity index (χ1v) is 7.87. The van der Waals surface area contributed by atoms with Gasteiger partial charge >= 0.3 is 0 Å². The molecule has 1 heterocycles. The van der Waals surface area contributed by atoms with E-state index in [1.807, 2.05) is 0 Å². The van der Waals surface area contributed by atoms with Crippen LogP contribution in [0, 0.1) is 23.5 Å². The molecule has 1 saturated heterocycles. The minimum absolute atomic E-state index is 0.161. The van der Waals surface area contributed by atoms with Gasteiger partial charge in [0.25, 0.3) is 0 Å². The topological polar surface area (TPSA) is 37.4 Å². The average molecular weight is 287 g/mol. The Bertz CT molecular complexity index is 591. The lowest BCUT2D eigenvalue weighted by atomic mass is 10.0. The monoisotopic (exact) mass is 287 g/mol. The highest BCUT2D eigenvalue weighted by Crippen LogP contribution is 2.39. The van der Waals surface area contributed by atoms with Gasteiger partial charge in [-0.1, -0.05) is 6.42 Å². The predicted octanol–water partition coefficient (Wildman–Crippen LogP) is 2.39. The molecule has 0 N–H and O–H groups in total. The summed E-state index contributed by atoms with van der Waals surface area (Å²) < 4.78 is 52.2. The van der Waals surface area contributed by atoms with Crippen molar-refractivity contribution in [3.05, 3.63) is 29.8 Å². The van der Waals surface area contributed by atoms with Crippen molar-refractivity contribution in [2.75, 3.05) is 13.1 Å². The highest BCUT2D eigenvalue weighted by atomic mass is 32.2. The van der Waals surface area contributed by atoms with Crippen LogP contribution in [0.15, 0.2) is 23.1 Å². The molecule has 0 unspecified atom stereocenters. The van der Waals surface area contributed by atoms with E-state index in [1.165, 1.54) is 4.31 Å². The molecular formula is C13H15F2NO2S. The minimum Gasteiger partial charge on any atom is -0.207 e. The van der Waals surface area contributed by atoms with Crippen molar-refractivity contribution in [2.24, 2.45) is 11.8 Å². The standard InChI is InChI=1S/C13H15F2NO2S/c14-12-5-4-11(6-13(12)15)19(17,18)16-7-9-2-1-3-10(9)8-16/h4-6,9-10H,1-3,7-8H2/t9-,10+. The van der Waals surface area contributed by atoms with Gasteiger partial charge in [0.1, 0.15) is 0 Å². The Morgan fingerprint density at radius 3 is 2.26 bits per heavy atom. The van der Waals surface area contributed by atoms with E-state index in [0.29, 0.717) is 24.9 Å². The highest BCUT2D eigenvalue weighted by Gasteiger charge is 2.41. The van der Waals surface area contributed by atoms with Gasteiger partial charge in [-0.3, -0.25) is 0 Å². The van der Waals surface area contributed by atoms with E-state index in [2.05, 4.69) is 0 Å². The smallest absolute Gasteiger partial charge is 0.207 e. The van der Waals surface area contributed by atoms with Crippen molar-refractivity contribution in [1.82, 2.24) is 4.31 Å². The fourth-order valence-electron chi connectivity index (χ4n) is 3.17. The number of hydrogen-bond donors (Lipinski definition) is 0. The van der Waals surface area contributed by atoms with Gasteiger partial charge in [-0.25, -0.2) is 17.2 Å². The molecule has 6 heteroatoms. The Morgan fingerprint density at radius 2 is 1.68 bits per heavy atom. The summed E-state index contributed by atoms with van der Waals surface area (Å²) in [5.41, 5.74) is 0. The Balaban J connectivity index is 1.88. The average Bonchev–Trinajstić information content (AvgIpc) is 2.93.